The molecule has 3 aliphatic heterocycles. The van der Waals surface area contributed by atoms with Crippen molar-refractivity contribution in [1.29, 1.82) is 0 Å². The zero-order valence-corrected chi connectivity index (χ0v) is 22.9. The Hall–Kier alpha value is -3.62. The average Bonchev–Trinajstić information content (AvgIpc) is 3.14. The van der Waals surface area contributed by atoms with Gasteiger partial charge in [0.25, 0.3) is 5.91 Å². The molecular weight excluding hydrogens is 492 g/mol. The quantitative estimate of drug-likeness (QED) is 0.616. The molecule has 2 saturated heterocycles. The maximum Gasteiger partial charge on any atom is 0.322 e. The number of benzene rings is 1. The number of nitrogens with zero attached hydrogens (tertiary/aromatic N) is 5. The van der Waals surface area contributed by atoms with Crippen LogP contribution in [-0.2, 0) is 6.42 Å². The third kappa shape index (κ3) is 5.18. The van der Waals surface area contributed by atoms with Gasteiger partial charge in [-0.2, -0.15) is 0 Å². The topological polar surface area (TPSA) is 90.9 Å². The van der Waals surface area contributed by atoms with Gasteiger partial charge in [0.05, 0.1) is 7.11 Å². The number of allylic oxidation sites excluding steroid dienone is 2. The van der Waals surface area contributed by atoms with Crippen LogP contribution in [0.25, 0.3) is 0 Å². The van der Waals surface area contributed by atoms with Crippen LogP contribution >= 0.6 is 0 Å². The summed E-state index contributed by atoms with van der Waals surface area (Å²) in [6, 6.07) is 7.77. The van der Waals surface area contributed by atoms with E-state index in [2.05, 4.69) is 33.2 Å². The number of piperidine rings is 2. The van der Waals surface area contributed by atoms with Crippen molar-refractivity contribution in [3.8, 4) is 5.75 Å². The van der Waals surface area contributed by atoms with E-state index in [0.29, 0.717) is 24.1 Å². The second-order valence-corrected chi connectivity index (χ2v) is 11.4. The first-order valence-electron chi connectivity index (χ1n) is 14.3. The summed E-state index contributed by atoms with van der Waals surface area (Å²) in [5.74, 6) is 2.54. The molecular formula is C30H38N6O3. The molecule has 4 aliphatic rings. The van der Waals surface area contributed by atoms with E-state index in [0.717, 1.165) is 74.6 Å². The van der Waals surface area contributed by atoms with Crippen molar-refractivity contribution in [3.05, 3.63) is 53.6 Å². The average molecular weight is 531 g/mol. The Morgan fingerprint density at radius 1 is 1.10 bits per heavy atom. The van der Waals surface area contributed by atoms with E-state index in [-0.39, 0.29) is 18.0 Å². The number of methoxy groups -OCH3 is 1. The van der Waals surface area contributed by atoms with Crippen LogP contribution in [0.1, 0.15) is 61.5 Å². The SMILES string of the molecule is COc1ccc2c(c1)CCN(C1CCN(c3cc(C(=O)N4CC(C)CC5CCCC=C54)ncn3)CC1)C(=O)N2. The lowest BCUT2D eigenvalue weighted by atomic mass is 9.81. The van der Waals surface area contributed by atoms with Gasteiger partial charge in [0.15, 0.2) is 0 Å². The summed E-state index contributed by atoms with van der Waals surface area (Å²) < 4.78 is 5.36. The van der Waals surface area contributed by atoms with Crippen LogP contribution < -0.4 is 15.0 Å². The standard InChI is InChI=1S/C30H38N6O3/c1-20-15-22-5-3-4-6-27(22)36(18-20)29(37)26-17-28(32-19-31-26)34-12-10-23(11-13-34)35-14-9-21-16-24(39-2)7-8-25(21)33-30(35)38/h6-8,16-17,19-20,22-23H,3-5,9-15,18H2,1-2H3,(H,33,38). The van der Waals surface area contributed by atoms with Gasteiger partial charge in [-0.1, -0.05) is 13.0 Å². The van der Waals surface area contributed by atoms with E-state index in [9.17, 15) is 9.59 Å². The maximum absolute atomic E-state index is 13.6. The second-order valence-electron chi connectivity index (χ2n) is 11.4. The van der Waals surface area contributed by atoms with Crippen LogP contribution in [0.15, 0.2) is 42.4 Å². The van der Waals surface area contributed by atoms with Crippen molar-refractivity contribution < 1.29 is 14.3 Å². The van der Waals surface area contributed by atoms with E-state index in [1.165, 1.54) is 24.9 Å². The van der Waals surface area contributed by atoms with E-state index in [1.54, 1.807) is 7.11 Å². The number of likely N-dealkylation sites (tertiary alicyclic amines) is 1. The number of rotatable bonds is 4. The van der Waals surface area contributed by atoms with Gasteiger partial charge < -0.3 is 24.8 Å². The number of carbonyl (C=O) groups excluding carboxylic acids is 2. The normalized spacial score (nSPS) is 23.8. The largest absolute Gasteiger partial charge is 0.497 e. The van der Waals surface area contributed by atoms with Gasteiger partial charge in [0.1, 0.15) is 23.6 Å². The first-order chi connectivity index (χ1) is 19.0. The van der Waals surface area contributed by atoms with Crippen molar-refractivity contribution in [2.45, 2.75) is 57.9 Å². The molecule has 9 heteroatoms. The zero-order chi connectivity index (χ0) is 26.9. The Morgan fingerprint density at radius 3 is 2.77 bits per heavy atom. The predicted molar refractivity (Wildman–Crippen MR) is 150 cm³/mol. The van der Waals surface area contributed by atoms with Crippen LogP contribution in [0.4, 0.5) is 16.3 Å². The molecule has 2 aromatic rings. The molecule has 39 heavy (non-hydrogen) atoms. The summed E-state index contributed by atoms with van der Waals surface area (Å²) in [7, 11) is 1.66. The Balaban J connectivity index is 1.11. The Kier molecular flexibility index (Phi) is 7.14. The Bertz CT molecular complexity index is 1270. The number of anilines is 2. The summed E-state index contributed by atoms with van der Waals surface area (Å²) in [6.45, 7) is 5.21. The van der Waals surface area contributed by atoms with Gasteiger partial charge in [0, 0.05) is 49.7 Å². The first kappa shape index (κ1) is 25.6. The lowest BCUT2D eigenvalue weighted by Gasteiger charge is -2.41. The molecule has 2 unspecified atom stereocenters. The minimum Gasteiger partial charge on any atom is -0.497 e. The molecule has 206 valence electrons. The highest BCUT2D eigenvalue weighted by molar-refractivity contribution is 5.94. The van der Waals surface area contributed by atoms with Gasteiger partial charge in [-0.3, -0.25) is 4.79 Å². The van der Waals surface area contributed by atoms with Crippen LogP contribution in [0.2, 0.25) is 0 Å². The number of amides is 3. The highest BCUT2D eigenvalue weighted by atomic mass is 16.5. The monoisotopic (exact) mass is 530 g/mol. The fraction of sp³-hybridized carbons (Fsp3) is 0.533. The van der Waals surface area contributed by atoms with Gasteiger partial charge in [-0.25, -0.2) is 14.8 Å². The summed E-state index contributed by atoms with van der Waals surface area (Å²) in [5, 5.41) is 3.09. The molecule has 0 saturated carbocycles. The number of nitrogens with one attached hydrogen (secondary N) is 1. The molecule has 3 amide bonds. The van der Waals surface area contributed by atoms with Crippen molar-refractivity contribution in [2.24, 2.45) is 11.8 Å². The van der Waals surface area contributed by atoms with Crippen molar-refractivity contribution >= 4 is 23.4 Å². The summed E-state index contributed by atoms with van der Waals surface area (Å²) in [6.07, 6.45) is 10.8. The lowest BCUT2D eigenvalue weighted by molar-refractivity contribution is 0.0698. The Morgan fingerprint density at radius 2 is 1.95 bits per heavy atom. The smallest absolute Gasteiger partial charge is 0.322 e. The predicted octanol–water partition coefficient (Wildman–Crippen LogP) is 4.71. The number of aromatic nitrogens is 2. The zero-order valence-electron chi connectivity index (χ0n) is 22.9. The van der Waals surface area contributed by atoms with Crippen LogP contribution in [0.3, 0.4) is 0 Å². The number of urea groups is 1. The minimum atomic E-state index is -0.0432. The Labute approximate surface area is 230 Å². The fourth-order valence-corrected chi connectivity index (χ4v) is 6.76. The molecule has 0 spiro atoms. The lowest BCUT2D eigenvalue weighted by Crippen LogP contribution is -2.49. The molecule has 1 aromatic carbocycles. The minimum absolute atomic E-state index is 0.0179. The number of carbonyl (C=O) groups is 2. The highest BCUT2D eigenvalue weighted by Gasteiger charge is 2.35. The van der Waals surface area contributed by atoms with Crippen molar-refractivity contribution in [3.63, 3.8) is 0 Å². The van der Waals surface area contributed by atoms with E-state index < -0.39 is 0 Å². The fourth-order valence-electron chi connectivity index (χ4n) is 6.76. The molecule has 6 rings (SSSR count). The molecule has 2 atom stereocenters. The van der Waals surface area contributed by atoms with E-state index >= 15 is 0 Å². The summed E-state index contributed by atoms with van der Waals surface area (Å²) in [4.78, 5) is 41.8. The van der Waals surface area contributed by atoms with Gasteiger partial charge in [0.2, 0.25) is 0 Å². The third-order valence-electron chi connectivity index (χ3n) is 8.80. The van der Waals surface area contributed by atoms with Gasteiger partial charge >= 0.3 is 6.03 Å². The summed E-state index contributed by atoms with van der Waals surface area (Å²) in [5.41, 5.74) is 3.61. The number of hydrogen-bond donors (Lipinski definition) is 1. The van der Waals surface area contributed by atoms with Crippen LogP contribution in [-0.4, -0.2) is 71.0 Å². The molecule has 4 heterocycles. The van der Waals surface area contributed by atoms with Crippen molar-refractivity contribution in [2.75, 3.05) is 43.5 Å². The number of hydrogen-bond acceptors (Lipinski definition) is 6. The third-order valence-corrected chi connectivity index (χ3v) is 8.80. The van der Waals surface area contributed by atoms with E-state index in [1.807, 2.05) is 34.1 Å². The van der Waals surface area contributed by atoms with Gasteiger partial charge in [-0.05, 0) is 80.5 Å². The molecule has 0 bridgehead atoms. The first-order valence-corrected chi connectivity index (χ1v) is 14.3. The second kappa shape index (κ2) is 10.9. The summed E-state index contributed by atoms with van der Waals surface area (Å²) >= 11 is 0. The van der Waals surface area contributed by atoms with Gasteiger partial charge in [-0.15, -0.1) is 0 Å². The number of ether oxygens (including phenoxy) is 1. The van der Waals surface area contributed by atoms with Crippen LogP contribution in [0, 0.1) is 11.8 Å². The molecule has 1 aliphatic carbocycles. The molecule has 1 N–H and O–H groups in total. The van der Waals surface area contributed by atoms with Crippen molar-refractivity contribution in [1.82, 2.24) is 19.8 Å². The molecule has 9 nitrogen and oxygen atoms in total. The van der Waals surface area contributed by atoms with E-state index in [4.69, 9.17) is 4.74 Å². The molecule has 0 radical (unpaired) electrons. The van der Waals surface area contributed by atoms with Crippen LogP contribution in [0.5, 0.6) is 5.75 Å². The maximum atomic E-state index is 13.6. The highest BCUT2D eigenvalue weighted by Crippen LogP contribution is 2.38. The molecule has 2 fully saturated rings. The molecule has 1 aromatic heterocycles. The number of fused-ring (bicyclic) bond motifs is 2.